The fourth-order valence-corrected chi connectivity index (χ4v) is 2.67. The lowest BCUT2D eigenvalue weighted by molar-refractivity contribution is 0.493. The van der Waals surface area contributed by atoms with E-state index in [1.807, 2.05) is 0 Å². The summed E-state index contributed by atoms with van der Waals surface area (Å²) in [6, 6.07) is 9.35. The molecule has 1 aromatic heterocycles. The number of nitrogens with zero attached hydrogens (tertiary/aromatic N) is 2. The fraction of sp³-hybridized carbons (Fsp3) is 0.588. The molecule has 0 radical (unpaired) electrons. The van der Waals surface area contributed by atoms with Gasteiger partial charge in [-0.3, -0.25) is 4.68 Å². The molecule has 0 unspecified atom stereocenters. The maximum atomic E-state index is 4.84. The van der Waals surface area contributed by atoms with E-state index in [0.717, 1.165) is 25.0 Å². The Morgan fingerprint density at radius 1 is 1.30 bits per heavy atom. The minimum Gasteiger partial charge on any atom is -0.308 e. The molecule has 1 aliphatic rings. The van der Waals surface area contributed by atoms with Gasteiger partial charge in [0.2, 0.25) is 0 Å². The molecule has 0 saturated heterocycles. The van der Waals surface area contributed by atoms with Gasteiger partial charge in [0.15, 0.2) is 0 Å². The van der Waals surface area contributed by atoms with E-state index in [4.69, 9.17) is 5.10 Å². The van der Waals surface area contributed by atoms with Crippen molar-refractivity contribution < 1.29 is 0 Å². The fourth-order valence-electron chi connectivity index (χ4n) is 2.67. The van der Waals surface area contributed by atoms with Crippen LogP contribution >= 0.6 is 0 Å². The largest absolute Gasteiger partial charge is 0.308 e. The summed E-state index contributed by atoms with van der Waals surface area (Å²) in [4.78, 5) is 0. The summed E-state index contributed by atoms with van der Waals surface area (Å²) in [5.74, 6) is 0.771. The van der Waals surface area contributed by atoms with E-state index in [1.165, 1.54) is 42.3 Å². The minimum atomic E-state index is 0.736. The number of fused-ring (bicyclic) bond motifs is 1. The molecule has 3 rings (SSSR count). The van der Waals surface area contributed by atoms with Gasteiger partial charge in [0.25, 0.3) is 0 Å². The van der Waals surface area contributed by atoms with Crippen LogP contribution in [0.1, 0.15) is 45.2 Å². The molecule has 20 heavy (non-hydrogen) atoms. The van der Waals surface area contributed by atoms with Crippen LogP contribution in [0.4, 0.5) is 0 Å². The van der Waals surface area contributed by atoms with Gasteiger partial charge >= 0.3 is 0 Å². The second-order valence-corrected chi connectivity index (χ2v) is 6.38. The van der Waals surface area contributed by atoms with Crippen LogP contribution in [-0.2, 0) is 13.1 Å². The molecular formula is C17H25N3. The molecule has 1 aromatic carbocycles. The van der Waals surface area contributed by atoms with Crippen LogP contribution in [0.3, 0.4) is 0 Å². The van der Waals surface area contributed by atoms with Crippen LogP contribution in [0, 0.1) is 5.92 Å². The molecule has 1 aliphatic carbocycles. The molecule has 3 heteroatoms. The van der Waals surface area contributed by atoms with Crippen molar-refractivity contribution in [3.05, 3.63) is 30.0 Å². The van der Waals surface area contributed by atoms with Crippen molar-refractivity contribution in [2.24, 2.45) is 5.92 Å². The van der Waals surface area contributed by atoms with Gasteiger partial charge in [0.1, 0.15) is 0 Å². The lowest BCUT2D eigenvalue weighted by Gasteiger charge is -2.05. The zero-order valence-electron chi connectivity index (χ0n) is 12.6. The summed E-state index contributed by atoms with van der Waals surface area (Å²) in [7, 11) is 0. The summed E-state index contributed by atoms with van der Waals surface area (Å²) in [5.41, 5.74) is 2.49. The van der Waals surface area contributed by atoms with Crippen molar-refractivity contribution in [1.29, 1.82) is 0 Å². The normalized spacial score (nSPS) is 15.3. The highest BCUT2D eigenvalue weighted by Gasteiger charge is 2.21. The molecule has 2 aromatic rings. The highest BCUT2D eigenvalue weighted by atomic mass is 15.3. The van der Waals surface area contributed by atoms with Crippen molar-refractivity contribution in [3.8, 4) is 0 Å². The molecule has 0 spiro atoms. The van der Waals surface area contributed by atoms with Crippen LogP contribution < -0.4 is 5.32 Å². The lowest BCUT2D eigenvalue weighted by Crippen LogP contribution is -2.16. The van der Waals surface area contributed by atoms with Crippen molar-refractivity contribution >= 4 is 10.9 Å². The first-order valence-corrected chi connectivity index (χ1v) is 7.92. The highest BCUT2D eigenvalue weighted by molar-refractivity contribution is 5.81. The molecule has 3 nitrogen and oxygen atoms in total. The molecule has 1 N–H and O–H groups in total. The molecule has 1 heterocycles. The molecule has 0 aliphatic heterocycles. The van der Waals surface area contributed by atoms with E-state index in [2.05, 4.69) is 48.1 Å². The Morgan fingerprint density at radius 3 is 2.85 bits per heavy atom. The number of aryl methyl sites for hydroxylation is 1. The van der Waals surface area contributed by atoms with Gasteiger partial charge in [-0.05, 0) is 37.7 Å². The van der Waals surface area contributed by atoms with E-state index in [1.54, 1.807) is 0 Å². The third-order valence-electron chi connectivity index (χ3n) is 4.02. The van der Waals surface area contributed by atoms with Crippen LogP contribution in [0.15, 0.2) is 24.3 Å². The van der Waals surface area contributed by atoms with Gasteiger partial charge in [-0.25, -0.2) is 0 Å². The third kappa shape index (κ3) is 3.21. The number of hydrogen-bond donors (Lipinski definition) is 1. The van der Waals surface area contributed by atoms with Gasteiger partial charge in [0, 0.05) is 24.5 Å². The van der Waals surface area contributed by atoms with E-state index in [9.17, 15) is 0 Å². The second kappa shape index (κ2) is 5.96. The summed E-state index contributed by atoms with van der Waals surface area (Å²) >= 11 is 0. The molecule has 0 amide bonds. The van der Waals surface area contributed by atoms with Crippen molar-refractivity contribution in [2.45, 2.75) is 58.7 Å². The summed E-state index contributed by atoms with van der Waals surface area (Å²) < 4.78 is 2.20. The van der Waals surface area contributed by atoms with Crippen molar-refractivity contribution in [3.63, 3.8) is 0 Å². The van der Waals surface area contributed by atoms with Crippen LogP contribution in [0.2, 0.25) is 0 Å². The van der Waals surface area contributed by atoms with Crippen LogP contribution in [0.5, 0.6) is 0 Å². The average Bonchev–Trinajstić information content (AvgIpc) is 3.20. The maximum absolute atomic E-state index is 4.84. The van der Waals surface area contributed by atoms with Crippen LogP contribution in [0.25, 0.3) is 10.9 Å². The van der Waals surface area contributed by atoms with Crippen molar-refractivity contribution in [2.75, 3.05) is 0 Å². The summed E-state index contributed by atoms with van der Waals surface area (Å²) in [6.45, 7) is 6.50. The molecule has 108 valence electrons. The third-order valence-corrected chi connectivity index (χ3v) is 4.02. The monoisotopic (exact) mass is 271 g/mol. The number of benzene rings is 1. The molecule has 0 atom stereocenters. The molecular weight excluding hydrogens is 246 g/mol. The highest BCUT2D eigenvalue weighted by Crippen LogP contribution is 2.22. The first kappa shape index (κ1) is 13.6. The lowest BCUT2D eigenvalue weighted by atomic mass is 10.1. The molecule has 1 saturated carbocycles. The van der Waals surface area contributed by atoms with E-state index in [-0.39, 0.29) is 0 Å². The van der Waals surface area contributed by atoms with Gasteiger partial charge in [-0.15, -0.1) is 0 Å². The quantitative estimate of drug-likeness (QED) is 0.831. The Hall–Kier alpha value is -1.35. The Bertz CT molecular complexity index is 567. The smallest absolute Gasteiger partial charge is 0.0841 e. The minimum absolute atomic E-state index is 0.736. The zero-order chi connectivity index (χ0) is 13.9. The number of para-hydroxylation sites is 1. The van der Waals surface area contributed by atoms with Gasteiger partial charge in [-0.2, -0.15) is 5.10 Å². The van der Waals surface area contributed by atoms with Gasteiger partial charge < -0.3 is 5.32 Å². The van der Waals surface area contributed by atoms with Crippen molar-refractivity contribution in [1.82, 2.24) is 15.1 Å². The Morgan fingerprint density at radius 2 is 2.10 bits per heavy atom. The predicted molar refractivity (Wildman–Crippen MR) is 83.7 cm³/mol. The SMILES string of the molecule is CC(C)CCCn1nc(CNC2CC2)c2ccccc21. The summed E-state index contributed by atoms with van der Waals surface area (Å²) in [5, 5.41) is 9.73. The van der Waals surface area contributed by atoms with Gasteiger partial charge in [0.05, 0.1) is 11.2 Å². The summed E-state index contributed by atoms with van der Waals surface area (Å²) in [6.07, 6.45) is 5.13. The van der Waals surface area contributed by atoms with E-state index >= 15 is 0 Å². The first-order valence-electron chi connectivity index (χ1n) is 7.92. The zero-order valence-corrected chi connectivity index (χ0v) is 12.6. The first-order chi connectivity index (χ1) is 9.74. The number of rotatable bonds is 7. The maximum Gasteiger partial charge on any atom is 0.0841 e. The molecule has 0 bridgehead atoms. The number of aromatic nitrogens is 2. The van der Waals surface area contributed by atoms with E-state index in [0.29, 0.717) is 0 Å². The Balaban J connectivity index is 1.75. The molecule has 1 fully saturated rings. The predicted octanol–water partition coefficient (Wildman–Crippen LogP) is 3.72. The number of hydrogen-bond acceptors (Lipinski definition) is 2. The van der Waals surface area contributed by atoms with Gasteiger partial charge in [-0.1, -0.05) is 32.0 Å². The topological polar surface area (TPSA) is 29.9 Å². The van der Waals surface area contributed by atoms with Crippen LogP contribution in [-0.4, -0.2) is 15.8 Å². The average molecular weight is 271 g/mol. The Labute approximate surface area is 121 Å². The number of nitrogens with one attached hydrogen (secondary N) is 1. The standard InChI is InChI=1S/C17H25N3/c1-13(2)6-5-11-20-17-8-4-3-7-15(17)16(19-20)12-18-14-9-10-14/h3-4,7-8,13-14,18H,5-6,9-12H2,1-2H3. The Kier molecular flexibility index (Phi) is 4.06. The second-order valence-electron chi connectivity index (χ2n) is 6.38. The van der Waals surface area contributed by atoms with E-state index < -0.39 is 0 Å².